The average Bonchev–Trinajstić information content (AvgIpc) is 2.50. The number of alkyl halides is 3. The van der Waals surface area contributed by atoms with E-state index in [4.69, 9.17) is 15.2 Å². The smallest absolute Gasteiger partial charge is 0.419 e. The summed E-state index contributed by atoms with van der Waals surface area (Å²) in [5, 5.41) is 0. The fourth-order valence-electron chi connectivity index (χ4n) is 2.04. The maximum Gasteiger partial charge on any atom is 0.419 e. The van der Waals surface area contributed by atoms with Crippen molar-refractivity contribution in [1.82, 2.24) is 0 Å². The third-order valence-corrected chi connectivity index (χ3v) is 3.32. The summed E-state index contributed by atoms with van der Waals surface area (Å²) in [6.07, 6.45) is -3.97. The Morgan fingerprint density at radius 2 is 1.52 bits per heavy atom. The molecule has 0 spiro atoms. The fourth-order valence-corrected chi connectivity index (χ4v) is 2.04. The summed E-state index contributed by atoms with van der Waals surface area (Å²) >= 11 is 0. The van der Waals surface area contributed by atoms with E-state index in [9.17, 15) is 13.2 Å². The molecule has 0 fully saturated rings. The van der Waals surface area contributed by atoms with Gasteiger partial charge in [-0.05, 0) is 31.2 Å². The van der Waals surface area contributed by atoms with E-state index in [-0.39, 0.29) is 12.4 Å². The summed E-state index contributed by atoms with van der Waals surface area (Å²) < 4.78 is 49.2. The number of halogens is 3. The van der Waals surface area contributed by atoms with Crippen molar-refractivity contribution in [2.45, 2.75) is 19.5 Å². The summed E-state index contributed by atoms with van der Waals surface area (Å²) in [5.41, 5.74) is 6.48. The van der Waals surface area contributed by atoms with Gasteiger partial charge in [-0.25, -0.2) is 0 Å². The van der Waals surface area contributed by atoms with Crippen LogP contribution in [0.3, 0.4) is 0 Å². The van der Waals surface area contributed by atoms with Crippen molar-refractivity contribution in [2.24, 2.45) is 0 Å². The summed E-state index contributed by atoms with van der Waals surface area (Å²) in [7, 11) is 0. The number of anilines is 1. The maximum atomic E-state index is 12.8. The molecule has 0 radical (unpaired) electrons. The summed E-state index contributed by atoms with van der Waals surface area (Å²) in [6.45, 7) is 2.31. The molecule has 3 nitrogen and oxygen atoms in total. The zero-order valence-corrected chi connectivity index (χ0v) is 12.7. The minimum absolute atomic E-state index is 0.133. The number of nitrogen functional groups attached to an aromatic ring is 1. The molecule has 0 aliphatic heterocycles. The Morgan fingerprint density at radius 3 is 2.22 bits per heavy atom. The molecule has 0 heterocycles. The molecule has 2 aromatic rings. The van der Waals surface area contributed by atoms with Crippen LogP contribution in [-0.4, -0.2) is 13.2 Å². The molecule has 0 bridgehead atoms. The molecule has 0 atom stereocenters. The van der Waals surface area contributed by atoms with E-state index in [2.05, 4.69) is 0 Å². The first-order valence-corrected chi connectivity index (χ1v) is 7.16. The van der Waals surface area contributed by atoms with E-state index in [1.165, 1.54) is 18.2 Å². The van der Waals surface area contributed by atoms with Gasteiger partial charge in [0.15, 0.2) is 0 Å². The van der Waals surface area contributed by atoms with E-state index in [1.807, 2.05) is 6.92 Å². The molecule has 0 saturated heterocycles. The molecular formula is C17H18F3NO2. The molecule has 0 saturated carbocycles. The van der Waals surface area contributed by atoms with Crippen LogP contribution in [0.1, 0.15) is 17.5 Å². The highest BCUT2D eigenvalue weighted by molar-refractivity contribution is 5.53. The zero-order chi connectivity index (χ0) is 16.9. The number of hydrogen-bond donors (Lipinski definition) is 1. The first-order chi connectivity index (χ1) is 10.9. The number of rotatable bonds is 6. The average molecular weight is 325 g/mol. The van der Waals surface area contributed by atoms with Crippen LogP contribution in [0.15, 0.2) is 42.5 Å². The van der Waals surface area contributed by atoms with Gasteiger partial charge in [-0.2, -0.15) is 13.2 Å². The number of hydrogen-bond acceptors (Lipinski definition) is 3. The molecule has 0 unspecified atom stereocenters. The van der Waals surface area contributed by atoms with Crippen molar-refractivity contribution < 1.29 is 22.6 Å². The van der Waals surface area contributed by atoms with Crippen LogP contribution in [0.4, 0.5) is 18.9 Å². The number of ether oxygens (including phenoxy) is 2. The molecule has 0 aliphatic rings. The summed E-state index contributed by atoms with van der Waals surface area (Å²) in [4.78, 5) is 0. The highest BCUT2D eigenvalue weighted by Gasteiger charge is 2.33. The molecular weight excluding hydrogens is 307 g/mol. The number of nitrogens with two attached hydrogens (primary N) is 1. The number of para-hydroxylation sites is 1. The normalized spacial score (nSPS) is 11.3. The van der Waals surface area contributed by atoms with Crippen LogP contribution in [0.2, 0.25) is 0 Å². The Labute approximate surface area is 132 Å². The van der Waals surface area contributed by atoms with Crippen LogP contribution in [0, 0.1) is 6.92 Å². The largest absolute Gasteiger partial charge is 0.493 e. The van der Waals surface area contributed by atoms with Crippen molar-refractivity contribution in [3.05, 3.63) is 53.6 Å². The zero-order valence-electron chi connectivity index (χ0n) is 12.7. The van der Waals surface area contributed by atoms with Gasteiger partial charge in [0.2, 0.25) is 0 Å². The maximum absolute atomic E-state index is 12.8. The molecule has 23 heavy (non-hydrogen) atoms. The molecule has 2 rings (SSSR count). The second-order valence-corrected chi connectivity index (χ2v) is 5.01. The fraction of sp³-hybridized carbons (Fsp3) is 0.294. The molecule has 2 aromatic carbocycles. The van der Waals surface area contributed by atoms with E-state index in [0.29, 0.717) is 24.5 Å². The first kappa shape index (κ1) is 17.0. The first-order valence-electron chi connectivity index (χ1n) is 7.16. The molecule has 2 N–H and O–H groups in total. The number of benzene rings is 2. The van der Waals surface area contributed by atoms with Gasteiger partial charge in [-0.15, -0.1) is 0 Å². The van der Waals surface area contributed by atoms with Gasteiger partial charge in [0.25, 0.3) is 0 Å². The third kappa shape index (κ3) is 4.55. The van der Waals surface area contributed by atoms with Gasteiger partial charge in [0.05, 0.1) is 18.8 Å². The lowest BCUT2D eigenvalue weighted by molar-refractivity contribution is -0.138. The lowest BCUT2D eigenvalue weighted by Gasteiger charge is -2.14. The van der Waals surface area contributed by atoms with Crippen LogP contribution >= 0.6 is 0 Å². The second-order valence-electron chi connectivity index (χ2n) is 5.01. The Bertz CT molecular complexity index is 657. The van der Waals surface area contributed by atoms with Gasteiger partial charge < -0.3 is 15.2 Å². The minimum atomic E-state index is -4.42. The van der Waals surface area contributed by atoms with Crippen molar-refractivity contribution in [1.29, 1.82) is 0 Å². The molecule has 124 valence electrons. The summed E-state index contributed by atoms with van der Waals surface area (Å²) in [6, 6.07) is 10.5. The molecule has 6 heteroatoms. The van der Waals surface area contributed by atoms with Gasteiger partial charge in [-0.3, -0.25) is 0 Å². The Balaban J connectivity index is 1.84. The third-order valence-electron chi connectivity index (χ3n) is 3.32. The van der Waals surface area contributed by atoms with Gasteiger partial charge in [-0.1, -0.05) is 18.2 Å². The van der Waals surface area contributed by atoms with Crippen molar-refractivity contribution in [3.8, 4) is 11.5 Å². The van der Waals surface area contributed by atoms with Crippen LogP contribution in [0.5, 0.6) is 11.5 Å². The van der Waals surface area contributed by atoms with Crippen LogP contribution < -0.4 is 15.2 Å². The Kier molecular flexibility index (Phi) is 5.36. The monoisotopic (exact) mass is 325 g/mol. The Hall–Kier alpha value is -2.37. The van der Waals surface area contributed by atoms with Crippen LogP contribution in [0.25, 0.3) is 0 Å². The lowest BCUT2D eigenvalue weighted by atomic mass is 10.2. The van der Waals surface area contributed by atoms with E-state index < -0.39 is 11.7 Å². The van der Waals surface area contributed by atoms with Crippen molar-refractivity contribution >= 4 is 5.69 Å². The standard InChI is InChI=1S/C17H18F3NO2/c1-12-14(21)7-4-9-15(12)22-10-5-11-23-16-8-3-2-6-13(16)17(18,19)20/h2-4,6-9H,5,10-11,21H2,1H3. The van der Waals surface area contributed by atoms with E-state index in [0.717, 1.165) is 11.6 Å². The summed E-state index contributed by atoms with van der Waals surface area (Å²) in [5.74, 6) is 0.501. The quantitative estimate of drug-likeness (QED) is 0.630. The molecule has 0 aliphatic carbocycles. The van der Waals surface area contributed by atoms with E-state index in [1.54, 1.807) is 18.2 Å². The minimum Gasteiger partial charge on any atom is -0.493 e. The van der Waals surface area contributed by atoms with Crippen LogP contribution in [-0.2, 0) is 6.18 Å². The lowest BCUT2D eigenvalue weighted by Crippen LogP contribution is -2.11. The van der Waals surface area contributed by atoms with Gasteiger partial charge in [0.1, 0.15) is 11.5 Å². The highest BCUT2D eigenvalue weighted by atomic mass is 19.4. The highest BCUT2D eigenvalue weighted by Crippen LogP contribution is 2.35. The van der Waals surface area contributed by atoms with Crippen molar-refractivity contribution in [2.75, 3.05) is 18.9 Å². The SMILES string of the molecule is Cc1c(N)cccc1OCCCOc1ccccc1C(F)(F)F. The topological polar surface area (TPSA) is 44.5 Å². The molecule has 0 aromatic heterocycles. The predicted molar refractivity (Wildman–Crippen MR) is 82.6 cm³/mol. The Morgan fingerprint density at radius 1 is 0.913 bits per heavy atom. The van der Waals surface area contributed by atoms with Crippen molar-refractivity contribution in [3.63, 3.8) is 0 Å². The van der Waals surface area contributed by atoms with E-state index >= 15 is 0 Å². The second kappa shape index (κ2) is 7.26. The van der Waals surface area contributed by atoms with Gasteiger partial charge >= 0.3 is 6.18 Å². The molecule has 0 amide bonds. The predicted octanol–water partition coefficient (Wildman–Crippen LogP) is 4.44. The van der Waals surface area contributed by atoms with Gasteiger partial charge in [0, 0.05) is 17.7 Å².